The molecule has 1 nitrogen and oxygen atoms in total. The average molecular weight is 494 g/mol. The van der Waals surface area contributed by atoms with Crippen LogP contribution in [-0.4, -0.2) is 6.61 Å². The lowest BCUT2D eigenvalue weighted by Gasteiger charge is -2.30. The molecule has 0 spiro atoms. The highest BCUT2D eigenvalue weighted by Gasteiger charge is 2.38. The number of rotatable bonds is 4. The fourth-order valence-electron chi connectivity index (χ4n) is 4.28. The van der Waals surface area contributed by atoms with E-state index in [9.17, 15) is 30.7 Å². The molecule has 0 radical (unpaired) electrons. The summed E-state index contributed by atoms with van der Waals surface area (Å²) < 4.78 is 99.0. The summed E-state index contributed by atoms with van der Waals surface area (Å²) in [4.78, 5) is 0. The topological polar surface area (TPSA) is 9.23 Å². The van der Waals surface area contributed by atoms with Crippen LogP contribution in [0.4, 0.5) is 30.7 Å². The molecular formula is C27H21F7O. The maximum atomic E-state index is 13.9. The summed E-state index contributed by atoms with van der Waals surface area (Å²) in [6, 6.07) is 14.5. The summed E-state index contributed by atoms with van der Waals surface area (Å²) in [5.41, 5.74) is 0.438. The van der Waals surface area contributed by atoms with Crippen LogP contribution in [0.1, 0.15) is 54.0 Å². The van der Waals surface area contributed by atoms with Crippen LogP contribution in [0.15, 0.2) is 66.5 Å². The highest BCUT2D eigenvalue weighted by atomic mass is 19.4. The van der Waals surface area contributed by atoms with Gasteiger partial charge in [-0.25, -0.2) is 17.6 Å². The van der Waals surface area contributed by atoms with E-state index in [1.807, 2.05) is 0 Å². The Kier molecular flexibility index (Phi) is 7.03. The molecule has 1 saturated heterocycles. The van der Waals surface area contributed by atoms with Gasteiger partial charge in [0, 0.05) is 11.5 Å². The first-order chi connectivity index (χ1) is 16.5. The number of hydrogen-bond acceptors (Lipinski definition) is 1. The number of hydrogen-bond donors (Lipinski definition) is 0. The van der Waals surface area contributed by atoms with E-state index in [-0.39, 0.29) is 23.1 Å². The van der Waals surface area contributed by atoms with E-state index in [0.717, 1.165) is 24.5 Å². The van der Waals surface area contributed by atoms with Gasteiger partial charge in [0.05, 0.1) is 12.7 Å². The van der Waals surface area contributed by atoms with Crippen LogP contribution >= 0.6 is 0 Å². The van der Waals surface area contributed by atoms with Gasteiger partial charge in [-0.05, 0) is 54.2 Å². The van der Waals surface area contributed by atoms with Crippen LogP contribution in [0.2, 0.25) is 0 Å². The Bertz CT molecular complexity index is 1190. The van der Waals surface area contributed by atoms with Gasteiger partial charge in [-0.3, -0.25) is 0 Å². The van der Waals surface area contributed by atoms with Gasteiger partial charge in [0.1, 0.15) is 23.0 Å². The summed E-state index contributed by atoms with van der Waals surface area (Å²) in [7, 11) is 0. The van der Waals surface area contributed by atoms with Gasteiger partial charge in [-0.2, -0.15) is 13.2 Å². The van der Waals surface area contributed by atoms with Crippen molar-refractivity contribution >= 4 is 5.83 Å². The molecule has 3 aromatic carbocycles. The first-order valence-electron chi connectivity index (χ1n) is 10.9. The zero-order chi connectivity index (χ0) is 25.3. The quantitative estimate of drug-likeness (QED) is 0.329. The summed E-state index contributed by atoms with van der Waals surface area (Å²) in [6.45, 7) is 1.48. The molecule has 0 bridgehead atoms. The first-order valence-corrected chi connectivity index (χ1v) is 10.9. The fourth-order valence-corrected chi connectivity index (χ4v) is 4.28. The van der Waals surface area contributed by atoms with Crippen molar-refractivity contribution in [1.29, 1.82) is 0 Å². The van der Waals surface area contributed by atoms with Crippen molar-refractivity contribution in [2.45, 2.75) is 38.0 Å². The van der Waals surface area contributed by atoms with Gasteiger partial charge >= 0.3 is 6.18 Å². The van der Waals surface area contributed by atoms with Gasteiger partial charge in [0.15, 0.2) is 5.83 Å². The Labute approximate surface area is 197 Å². The highest BCUT2D eigenvalue weighted by Crippen LogP contribution is 2.38. The lowest BCUT2D eigenvalue weighted by molar-refractivity contribution is -0.142. The van der Waals surface area contributed by atoms with Crippen molar-refractivity contribution in [2.24, 2.45) is 0 Å². The molecule has 35 heavy (non-hydrogen) atoms. The van der Waals surface area contributed by atoms with Gasteiger partial charge in [-0.15, -0.1) is 0 Å². The number of allylic oxidation sites excluding steroid dienone is 1. The maximum Gasteiger partial charge on any atom is 0.422 e. The largest absolute Gasteiger partial charge is 0.422 e. The Morgan fingerprint density at radius 1 is 0.800 bits per heavy atom. The highest BCUT2D eigenvalue weighted by molar-refractivity contribution is 5.65. The monoisotopic (exact) mass is 494 g/mol. The molecule has 0 amide bonds. The van der Waals surface area contributed by atoms with Gasteiger partial charge < -0.3 is 4.74 Å². The van der Waals surface area contributed by atoms with E-state index in [2.05, 4.69) is 0 Å². The van der Waals surface area contributed by atoms with E-state index in [0.29, 0.717) is 30.7 Å². The maximum absolute atomic E-state index is 13.9. The standard InChI is InChI=1S/C27H21F7O/c1-15(28)26(31)19-8-4-16(5-9-19)20-10-11-24(35-14-20)18-6-2-17(3-7-18)21-12-22(29)25(23(30)13-21)27(32,33)34/h2-9,12-13,20,24H,10-11,14H2,1H3/b26-15+. The Balaban J connectivity index is 1.42. The molecule has 1 aliphatic heterocycles. The first kappa shape index (κ1) is 25.0. The van der Waals surface area contributed by atoms with Crippen molar-refractivity contribution in [3.8, 4) is 11.1 Å². The zero-order valence-corrected chi connectivity index (χ0v) is 18.6. The normalized spacial score (nSPS) is 19.4. The fraction of sp³-hybridized carbons (Fsp3) is 0.259. The summed E-state index contributed by atoms with van der Waals surface area (Å²) >= 11 is 0. The predicted octanol–water partition coefficient (Wildman–Crippen LogP) is 8.91. The number of halogens is 7. The van der Waals surface area contributed by atoms with Crippen LogP contribution in [0, 0.1) is 11.6 Å². The molecule has 1 heterocycles. The van der Waals surface area contributed by atoms with E-state index in [4.69, 9.17) is 4.74 Å². The van der Waals surface area contributed by atoms with Crippen molar-refractivity contribution in [3.63, 3.8) is 0 Å². The van der Waals surface area contributed by atoms with E-state index in [1.54, 1.807) is 36.4 Å². The van der Waals surface area contributed by atoms with Crippen molar-refractivity contribution in [2.75, 3.05) is 6.61 Å². The van der Waals surface area contributed by atoms with Crippen LogP contribution in [-0.2, 0) is 10.9 Å². The molecule has 2 atom stereocenters. The molecule has 0 aliphatic carbocycles. The van der Waals surface area contributed by atoms with Gasteiger partial charge in [0.2, 0.25) is 0 Å². The molecule has 4 rings (SSSR count). The third kappa shape index (κ3) is 5.42. The zero-order valence-electron chi connectivity index (χ0n) is 18.6. The second-order valence-corrected chi connectivity index (χ2v) is 8.50. The Morgan fingerprint density at radius 3 is 1.86 bits per heavy atom. The third-order valence-electron chi connectivity index (χ3n) is 6.16. The lowest BCUT2D eigenvalue weighted by Crippen LogP contribution is -2.19. The number of ether oxygens (including phenoxy) is 1. The molecular weight excluding hydrogens is 473 g/mol. The average Bonchev–Trinajstić information content (AvgIpc) is 2.82. The Morgan fingerprint density at radius 2 is 1.37 bits per heavy atom. The molecule has 0 N–H and O–H groups in total. The van der Waals surface area contributed by atoms with Crippen LogP contribution in [0.25, 0.3) is 17.0 Å². The second kappa shape index (κ2) is 9.85. The Hall–Kier alpha value is -3.13. The summed E-state index contributed by atoms with van der Waals surface area (Å²) in [5.74, 6) is -4.99. The minimum absolute atomic E-state index is 0.00172. The third-order valence-corrected chi connectivity index (χ3v) is 6.16. The number of alkyl halides is 3. The van der Waals surface area contributed by atoms with Gasteiger partial charge in [0.25, 0.3) is 0 Å². The van der Waals surface area contributed by atoms with Gasteiger partial charge in [-0.1, -0.05) is 48.5 Å². The second-order valence-electron chi connectivity index (χ2n) is 8.50. The van der Waals surface area contributed by atoms with Crippen molar-refractivity contribution in [1.82, 2.24) is 0 Å². The minimum Gasteiger partial charge on any atom is -0.373 e. The smallest absolute Gasteiger partial charge is 0.373 e. The van der Waals surface area contributed by atoms with E-state index < -0.39 is 35.0 Å². The SMILES string of the molecule is C/C(F)=C(\F)c1ccc(C2CCC(c3ccc(-c4cc(F)c(C(F)(F)F)c(F)c4)cc3)OC2)cc1. The molecule has 184 valence electrons. The summed E-state index contributed by atoms with van der Waals surface area (Å²) in [6.07, 6.45) is -3.85. The van der Waals surface area contributed by atoms with E-state index in [1.165, 1.54) is 12.1 Å². The van der Waals surface area contributed by atoms with Crippen LogP contribution < -0.4 is 0 Å². The molecule has 1 aliphatic rings. The molecule has 2 unspecified atom stereocenters. The molecule has 8 heteroatoms. The molecule has 0 aromatic heterocycles. The molecule has 3 aromatic rings. The van der Waals surface area contributed by atoms with Crippen molar-refractivity contribution < 1.29 is 35.5 Å². The molecule has 1 fully saturated rings. The number of benzene rings is 3. The summed E-state index contributed by atoms with van der Waals surface area (Å²) in [5, 5.41) is 0. The van der Waals surface area contributed by atoms with Crippen molar-refractivity contribution in [3.05, 3.63) is 100 Å². The van der Waals surface area contributed by atoms with Crippen LogP contribution in [0.3, 0.4) is 0 Å². The van der Waals surface area contributed by atoms with Crippen LogP contribution in [0.5, 0.6) is 0 Å². The van der Waals surface area contributed by atoms with E-state index >= 15 is 0 Å². The molecule has 0 saturated carbocycles. The lowest BCUT2D eigenvalue weighted by atomic mass is 9.88. The predicted molar refractivity (Wildman–Crippen MR) is 119 cm³/mol. The minimum atomic E-state index is -5.12.